The monoisotopic (exact) mass is 443 g/mol. The second kappa shape index (κ2) is 8.94. The van der Waals surface area contributed by atoms with Gasteiger partial charge in [-0.25, -0.2) is 8.78 Å². The van der Waals surface area contributed by atoms with Crippen molar-refractivity contribution in [3.05, 3.63) is 59.2 Å². The molecule has 2 fully saturated rings. The van der Waals surface area contributed by atoms with E-state index in [1.807, 2.05) is 0 Å². The molecule has 1 atom stereocenters. The van der Waals surface area contributed by atoms with Crippen molar-refractivity contribution in [1.29, 1.82) is 0 Å². The predicted octanol–water partition coefficient (Wildman–Crippen LogP) is 3.05. The van der Waals surface area contributed by atoms with Gasteiger partial charge in [-0.3, -0.25) is 14.4 Å². The number of aromatic hydroxyl groups is 1. The second-order valence-corrected chi connectivity index (χ2v) is 8.22. The summed E-state index contributed by atoms with van der Waals surface area (Å²) in [6.07, 6.45) is 3.38. The third kappa shape index (κ3) is 5.04. The van der Waals surface area contributed by atoms with Gasteiger partial charge in [-0.05, 0) is 49.9 Å². The Balaban J connectivity index is 1.42. The van der Waals surface area contributed by atoms with Crippen LogP contribution in [0.15, 0.2) is 36.4 Å². The van der Waals surface area contributed by atoms with E-state index < -0.39 is 23.4 Å². The molecule has 4 rings (SSSR count). The van der Waals surface area contributed by atoms with Crippen molar-refractivity contribution in [2.75, 3.05) is 18.4 Å². The number of hydrogen-bond acceptors (Lipinski definition) is 4. The van der Waals surface area contributed by atoms with Crippen LogP contribution in [0.5, 0.6) is 5.75 Å². The summed E-state index contributed by atoms with van der Waals surface area (Å²) in [7, 11) is 0. The number of nitrogens with one attached hydrogen (secondary N) is 2. The Morgan fingerprint density at radius 2 is 1.72 bits per heavy atom. The fraction of sp³-hybridized carbons (Fsp3) is 0.348. The van der Waals surface area contributed by atoms with Crippen LogP contribution >= 0.6 is 0 Å². The Kier molecular flexibility index (Phi) is 6.07. The van der Waals surface area contributed by atoms with Gasteiger partial charge in [0.15, 0.2) is 0 Å². The first-order chi connectivity index (χ1) is 15.3. The maximum absolute atomic E-state index is 13.3. The third-order valence-corrected chi connectivity index (χ3v) is 5.61. The second-order valence-electron chi connectivity index (χ2n) is 8.22. The van der Waals surface area contributed by atoms with Gasteiger partial charge in [0.05, 0.1) is 11.5 Å². The van der Waals surface area contributed by atoms with Crippen LogP contribution in [0.1, 0.15) is 46.4 Å². The van der Waals surface area contributed by atoms with Crippen LogP contribution in [0, 0.1) is 17.6 Å². The largest absolute Gasteiger partial charge is 0.507 e. The van der Waals surface area contributed by atoms with Crippen molar-refractivity contribution in [2.45, 2.75) is 31.7 Å². The maximum Gasteiger partial charge on any atom is 0.257 e. The SMILES string of the molecule is O=C(Nc1ccc(C(=O)N2CCCC(C(=O)NC3CC3)C2)c(O)c1)c1cc(F)cc(F)c1. The first-order valence-corrected chi connectivity index (χ1v) is 10.5. The number of rotatable bonds is 5. The highest BCUT2D eigenvalue weighted by molar-refractivity contribution is 6.05. The van der Waals surface area contributed by atoms with Crippen LogP contribution in [-0.4, -0.2) is 46.9 Å². The average Bonchev–Trinajstić information content (AvgIpc) is 3.57. The molecule has 32 heavy (non-hydrogen) atoms. The zero-order valence-electron chi connectivity index (χ0n) is 17.2. The molecule has 7 nitrogen and oxygen atoms in total. The number of piperidine rings is 1. The van der Waals surface area contributed by atoms with Crippen molar-refractivity contribution in [3.63, 3.8) is 0 Å². The molecule has 1 saturated carbocycles. The molecule has 2 aromatic carbocycles. The van der Waals surface area contributed by atoms with Crippen LogP contribution < -0.4 is 10.6 Å². The van der Waals surface area contributed by atoms with E-state index in [0.29, 0.717) is 25.5 Å². The minimum atomic E-state index is -0.885. The van der Waals surface area contributed by atoms with Gasteiger partial charge in [-0.1, -0.05) is 0 Å². The number of phenols is 1. The van der Waals surface area contributed by atoms with Gasteiger partial charge in [0, 0.05) is 42.5 Å². The zero-order chi connectivity index (χ0) is 22.8. The summed E-state index contributed by atoms with van der Waals surface area (Å²) in [4.78, 5) is 39.0. The summed E-state index contributed by atoms with van der Waals surface area (Å²) >= 11 is 0. The van der Waals surface area contributed by atoms with Crippen LogP contribution in [0.25, 0.3) is 0 Å². The Bertz CT molecular complexity index is 1050. The summed E-state index contributed by atoms with van der Waals surface area (Å²) in [5.74, 6) is -3.60. The summed E-state index contributed by atoms with van der Waals surface area (Å²) in [5.41, 5.74) is -0.0110. The number of halogens is 2. The molecule has 1 heterocycles. The van der Waals surface area contributed by atoms with Gasteiger partial charge in [0.25, 0.3) is 11.8 Å². The molecule has 168 valence electrons. The first kappa shape index (κ1) is 21.7. The van der Waals surface area contributed by atoms with E-state index in [1.165, 1.54) is 18.2 Å². The van der Waals surface area contributed by atoms with Gasteiger partial charge in [-0.15, -0.1) is 0 Å². The molecule has 0 radical (unpaired) electrons. The van der Waals surface area contributed by atoms with E-state index in [1.54, 1.807) is 4.90 Å². The lowest BCUT2D eigenvalue weighted by molar-refractivity contribution is -0.126. The summed E-state index contributed by atoms with van der Waals surface area (Å²) in [5, 5.41) is 15.8. The lowest BCUT2D eigenvalue weighted by atomic mass is 9.96. The third-order valence-electron chi connectivity index (χ3n) is 5.61. The fourth-order valence-electron chi connectivity index (χ4n) is 3.77. The van der Waals surface area contributed by atoms with Crippen LogP contribution in [0.4, 0.5) is 14.5 Å². The van der Waals surface area contributed by atoms with Gasteiger partial charge in [0.1, 0.15) is 17.4 Å². The lowest BCUT2D eigenvalue weighted by Gasteiger charge is -2.32. The minimum absolute atomic E-state index is 0.0407. The van der Waals surface area contributed by atoms with Gasteiger partial charge >= 0.3 is 0 Å². The first-order valence-electron chi connectivity index (χ1n) is 10.5. The number of nitrogens with zero attached hydrogens (tertiary/aromatic N) is 1. The van der Waals surface area contributed by atoms with Crippen molar-refractivity contribution >= 4 is 23.4 Å². The fourth-order valence-corrected chi connectivity index (χ4v) is 3.77. The van der Waals surface area contributed by atoms with E-state index in [2.05, 4.69) is 10.6 Å². The summed E-state index contributed by atoms with van der Waals surface area (Å²) in [6.45, 7) is 0.759. The number of hydrogen-bond donors (Lipinski definition) is 3. The van der Waals surface area contributed by atoms with Crippen molar-refractivity contribution < 1.29 is 28.3 Å². The van der Waals surface area contributed by atoms with Crippen molar-refractivity contribution in [3.8, 4) is 5.75 Å². The number of anilines is 1. The van der Waals surface area contributed by atoms with E-state index in [0.717, 1.165) is 25.0 Å². The molecule has 1 aliphatic carbocycles. The molecule has 2 aromatic rings. The van der Waals surface area contributed by atoms with Gasteiger partial charge in [-0.2, -0.15) is 0 Å². The molecule has 1 aliphatic heterocycles. The highest BCUT2D eigenvalue weighted by atomic mass is 19.1. The molecule has 0 spiro atoms. The Labute approximate surface area is 183 Å². The summed E-state index contributed by atoms with van der Waals surface area (Å²) < 4.78 is 26.7. The molecule has 0 aromatic heterocycles. The van der Waals surface area contributed by atoms with Crippen LogP contribution in [0.2, 0.25) is 0 Å². The maximum atomic E-state index is 13.3. The molecular formula is C23H23F2N3O4. The van der Waals surface area contributed by atoms with Gasteiger partial charge in [0.2, 0.25) is 5.91 Å². The smallest absolute Gasteiger partial charge is 0.257 e. The standard InChI is InChI=1S/C23H23F2N3O4/c24-15-8-14(9-16(25)10-15)22(31)27-18-5-6-19(20(29)11-18)23(32)28-7-1-2-13(12-28)21(30)26-17-3-4-17/h5-6,8-11,13,17,29H,1-4,7,12H2,(H,26,30)(H,27,31). The predicted molar refractivity (Wildman–Crippen MR) is 112 cm³/mol. The molecule has 9 heteroatoms. The topological polar surface area (TPSA) is 98.7 Å². The molecule has 3 N–H and O–H groups in total. The Morgan fingerprint density at radius 1 is 1.00 bits per heavy atom. The van der Waals surface area contributed by atoms with E-state index >= 15 is 0 Å². The molecule has 3 amide bonds. The molecular weight excluding hydrogens is 420 g/mol. The van der Waals surface area contributed by atoms with Crippen molar-refractivity contribution in [2.24, 2.45) is 5.92 Å². The number of amides is 3. The van der Waals surface area contributed by atoms with E-state index in [4.69, 9.17) is 0 Å². The Hall–Kier alpha value is -3.49. The minimum Gasteiger partial charge on any atom is -0.507 e. The number of benzene rings is 2. The molecule has 1 unspecified atom stereocenters. The quantitative estimate of drug-likeness (QED) is 0.662. The molecule has 2 aliphatic rings. The number of phenolic OH excluding ortho intramolecular Hbond substituents is 1. The molecule has 0 bridgehead atoms. The summed E-state index contributed by atoms with van der Waals surface area (Å²) in [6, 6.07) is 6.68. The highest BCUT2D eigenvalue weighted by Crippen LogP contribution is 2.27. The average molecular weight is 443 g/mol. The van der Waals surface area contributed by atoms with E-state index in [9.17, 15) is 28.3 Å². The zero-order valence-corrected chi connectivity index (χ0v) is 17.2. The van der Waals surface area contributed by atoms with Crippen LogP contribution in [0.3, 0.4) is 0 Å². The normalized spacial score (nSPS) is 18.2. The Morgan fingerprint density at radius 3 is 2.38 bits per heavy atom. The highest BCUT2D eigenvalue weighted by Gasteiger charge is 2.32. The van der Waals surface area contributed by atoms with Crippen molar-refractivity contribution in [1.82, 2.24) is 10.2 Å². The number of carbonyl (C=O) groups excluding carboxylic acids is 3. The number of carbonyl (C=O) groups is 3. The lowest BCUT2D eigenvalue weighted by Crippen LogP contribution is -2.45. The van der Waals surface area contributed by atoms with Gasteiger partial charge < -0.3 is 20.6 Å². The molecule has 1 saturated heterocycles. The van der Waals surface area contributed by atoms with E-state index in [-0.39, 0.29) is 47.0 Å². The van der Waals surface area contributed by atoms with Crippen LogP contribution in [-0.2, 0) is 4.79 Å². The number of likely N-dealkylation sites (tertiary alicyclic amines) is 1.